The largest absolute Gasteiger partial charge is 0.488 e. The Bertz CT molecular complexity index is 1060. The minimum atomic E-state index is -3.21. The molecular formula is C20H25N4O5PS. The van der Waals surface area contributed by atoms with Crippen LogP contribution in [0.4, 0.5) is 10.9 Å². The molecule has 3 heterocycles. The van der Waals surface area contributed by atoms with E-state index in [-0.39, 0.29) is 12.3 Å². The Balaban J connectivity index is 1.52. The number of anilines is 2. The van der Waals surface area contributed by atoms with E-state index < -0.39 is 7.60 Å². The summed E-state index contributed by atoms with van der Waals surface area (Å²) in [7, 11) is -3.21. The Morgan fingerprint density at radius 2 is 2.10 bits per heavy atom. The SMILES string of the molecule is CCOP(=O)(Cc1csc(Nc2ncnc3ccc(OC4CCOC4)cc23)n1)OCC. The smallest absolute Gasteiger partial charge is 0.336 e. The fourth-order valence-electron chi connectivity index (χ4n) is 3.27. The van der Waals surface area contributed by atoms with E-state index in [2.05, 4.69) is 20.3 Å². The van der Waals surface area contributed by atoms with Gasteiger partial charge in [-0.05, 0) is 32.0 Å². The topological polar surface area (TPSA) is 105 Å². The molecule has 1 fully saturated rings. The molecule has 1 aliphatic heterocycles. The summed E-state index contributed by atoms with van der Waals surface area (Å²) in [4.78, 5) is 13.2. The fourth-order valence-corrected chi connectivity index (χ4v) is 5.70. The van der Waals surface area contributed by atoms with Gasteiger partial charge in [-0.1, -0.05) is 0 Å². The number of hydrogen-bond donors (Lipinski definition) is 1. The van der Waals surface area contributed by atoms with E-state index in [4.69, 9.17) is 18.5 Å². The van der Waals surface area contributed by atoms with Crippen LogP contribution in [0.25, 0.3) is 10.9 Å². The third-order valence-corrected chi connectivity index (χ3v) is 7.40. The second kappa shape index (κ2) is 10.0. The maximum atomic E-state index is 12.8. The van der Waals surface area contributed by atoms with Gasteiger partial charge in [0.1, 0.15) is 24.0 Å². The Hall–Kier alpha value is -2.10. The first kappa shape index (κ1) is 22.1. The summed E-state index contributed by atoms with van der Waals surface area (Å²) in [6, 6.07) is 5.72. The molecule has 4 rings (SSSR count). The zero-order valence-electron chi connectivity index (χ0n) is 17.4. The predicted molar refractivity (Wildman–Crippen MR) is 119 cm³/mol. The summed E-state index contributed by atoms with van der Waals surface area (Å²) < 4.78 is 34.9. The number of aromatic nitrogens is 3. The summed E-state index contributed by atoms with van der Waals surface area (Å²) in [5.74, 6) is 1.37. The molecule has 1 aromatic carbocycles. The second-order valence-corrected chi connectivity index (χ2v) is 9.79. The Labute approximate surface area is 184 Å². The predicted octanol–water partition coefficient (Wildman–Crippen LogP) is 4.76. The number of ether oxygens (including phenoxy) is 2. The first-order chi connectivity index (χ1) is 15.1. The molecule has 9 nitrogen and oxygen atoms in total. The van der Waals surface area contributed by atoms with Gasteiger partial charge >= 0.3 is 7.60 Å². The lowest BCUT2D eigenvalue weighted by Gasteiger charge is -2.15. The normalized spacial score (nSPS) is 16.6. The van der Waals surface area contributed by atoms with E-state index in [1.807, 2.05) is 23.6 Å². The van der Waals surface area contributed by atoms with Crippen molar-refractivity contribution in [2.24, 2.45) is 0 Å². The molecule has 1 saturated heterocycles. The zero-order chi connectivity index (χ0) is 21.7. The van der Waals surface area contributed by atoms with Crippen molar-refractivity contribution in [3.05, 3.63) is 35.6 Å². The Morgan fingerprint density at radius 1 is 1.26 bits per heavy atom. The first-order valence-electron chi connectivity index (χ1n) is 10.2. The molecular weight excluding hydrogens is 439 g/mol. The molecule has 1 aliphatic rings. The molecule has 1 N–H and O–H groups in total. The van der Waals surface area contributed by atoms with Gasteiger partial charge in [0, 0.05) is 17.2 Å². The van der Waals surface area contributed by atoms with E-state index in [0.29, 0.717) is 36.5 Å². The monoisotopic (exact) mass is 464 g/mol. The molecule has 1 atom stereocenters. The van der Waals surface area contributed by atoms with Crippen LogP contribution in [0.2, 0.25) is 0 Å². The molecule has 31 heavy (non-hydrogen) atoms. The van der Waals surface area contributed by atoms with E-state index in [1.165, 1.54) is 17.7 Å². The zero-order valence-corrected chi connectivity index (χ0v) is 19.2. The van der Waals surface area contributed by atoms with Gasteiger partial charge in [-0.2, -0.15) is 0 Å². The number of rotatable bonds is 10. The lowest BCUT2D eigenvalue weighted by Crippen LogP contribution is -2.15. The van der Waals surface area contributed by atoms with Crippen molar-refractivity contribution in [2.75, 3.05) is 31.7 Å². The van der Waals surface area contributed by atoms with Gasteiger partial charge in [-0.3, -0.25) is 4.57 Å². The maximum Gasteiger partial charge on any atom is 0.336 e. The van der Waals surface area contributed by atoms with Crippen molar-refractivity contribution in [3.8, 4) is 5.75 Å². The summed E-state index contributed by atoms with van der Waals surface area (Å²) in [6.07, 6.45) is 2.57. The van der Waals surface area contributed by atoms with E-state index in [1.54, 1.807) is 13.8 Å². The van der Waals surface area contributed by atoms with Crippen LogP contribution in [0.5, 0.6) is 5.75 Å². The van der Waals surface area contributed by atoms with Crippen LogP contribution in [-0.4, -0.2) is 47.5 Å². The number of nitrogens with zero attached hydrogens (tertiary/aromatic N) is 3. The third-order valence-electron chi connectivity index (χ3n) is 4.58. The maximum absolute atomic E-state index is 12.8. The molecule has 2 aromatic heterocycles. The van der Waals surface area contributed by atoms with Crippen LogP contribution < -0.4 is 10.1 Å². The van der Waals surface area contributed by atoms with Crippen molar-refractivity contribution in [2.45, 2.75) is 32.5 Å². The fraction of sp³-hybridized carbons (Fsp3) is 0.450. The quantitative estimate of drug-likeness (QED) is 0.425. The highest BCUT2D eigenvalue weighted by Gasteiger charge is 2.25. The lowest BCUT2D eigenvalue weighted by atomic mass is 10.2. The molecule has 0 saturated carbocycles. The molecule has 1 unspecified atom stereocenters. The van der Waals surface area contributed by atoms with Crippen molar-refractivity contribution >= 4 is 40.8 Å². The number of thiazole rings is 1. The standard InChI is InChI=1S/C20H25N4O5PS/c1-3-27-30(25,28-4-2)11-14-12-31-20(23-14)24-19-17-9-15(29-16-7-8-26-10-16)5-6-18(17)21-13-22-19/h5-6,9,12-13,16H,3-4,7-8,10-11H2,1-2H3,(H,21,22,23,24). The molecule has 166 valence electrons. The minimum Gasteiger partial charge on any atom is -0.488 e. The first-order valence-corrected chi connectivity index (χ1v) is 12.8. The van der Waals surface area contributed by atoms with E-state index >= 15 is 0 Å². The van der Waals surface area contributed by atoms with E-state index in [0.717, 1.165) is 29.7 Å². The summed E-state index contributed by atoms with van der Waals surface area (Å²) in [5.41, 5.74) is 1.43. The molecule has 0 radical (unpaired) electrons. The molecule has 0 bridgehead atoms. The highest BCUT2D eigenvalue weighted by molar-refractivity contribution is 7.53. The molecule has 0 spiro atoms. The summed E-state index contributed by atoms with van der Waals surface area (Å²) in [6.45, 7) is 5.53. The van der Waals surface area contributed by atoms with Gasteiger partial charge in [0.25, 0.3) is 0 Å². The molecule has 3 aromatic rings. The van der Waals surface area contributed by atoms with Gasteiger partial charge in [-0.15, -0.1) is 11.3 Å². The molecule has 0 aliphatic carbocycles. The van der Waals surface area contributed by atoms with Gasteiger partial charge in [-0.25, -0.2) is 15.0 Å². The van der Waals surface area contributed by atoms with Crippen LogP contribution in [-0.2, 0) is 24.5 Å². The number of fused-ring (bicyclic) bond motifs is 1. The number of benzene rings is 1. The van der Waals surface area contributed by atoms with Crippen molar-refractivity contribution in [1.29, 1.82) is 0 Å². The third kappa shape index (κ3) is 5.58. The molecule has 0 amide bonds. The van der Waals surface area contributed by atoms with Crippen LogP contribution >= 0.6 is 18.9 Å². The van der Waals surface area contributed by atoms with Crippen LogP contribution in [0.1, 0.15) is 26.0 Å². The number of hydrogen-bond acceptors (Lipinski definition) is 10. The highest BCUT2D eigenvalue weighted by atomic mass is 32.1. The van der Waals surface area contributed by atoms with Crippen molar-refractivity contribution < 1.29 is 23.1 Å². The van der Waals surface area contributed by atoms with Gasteiger partial charge in [0.05, 0.1) is 43.8 Å². The minimum absolute atomic E-state index is 0.0615. The van der Waals surface area contributed by atoms with Crippen LogP contribution in [0.15, 0.2) is 29.9 Å². The Morgan fingerprint density at radius 3 is 2.84 bits per heavy atom. The van der Waals surface area contributed by atoms with Gasteiger partial charge in [0.2, 0.25) is 0 Å². The summed E-state index contributed by atoms with van der Waals surface area (Å²) >= 11 is 1.40. The van der Waals surface area contributed by atoms with Crippen LogP contribution in [0, 0.1) is 0 Å². The average molecular weight is 464 g/mol. The number of nitrogens with one attached hydrogen (secondary N) is 1. The van der Waals surface area contributed by atoms with Crippen LogP contribution in [0.3, 0.4) is 0 Å². The van der Waals surface area contributed by atoms with Crippen molar-refractivity contribution in [1.82, 2.24) is 15.0 Å². The van der Waals surface area contributed by atoms with Crippen molar-refractivity contribution in [3.63, 3.8) is 0 Å². The second-order valence-electron chi connectivity index (χ2n) is 6.88. The Kier molecular flexibility index (Phi) is 7.14. The van der Waals surface area contributed by atoms with Gasteiger partial charge in [0.15, 0.2) is 5.13 Å². The van der Waals surface area contributed by atoms with E-state index in [9.17, 15) is 4.57 Å². The summed E-state index contributed by atoms with van der Waals surface area (Å²) in [5, 5.41) is 6.53. The molecule has 11 heteroatoms. The average Bonchev–Trinajstić information content (AvgIpc) is 3.41. The van der Waals surface area contributed by atoms with Gasteiger partial charge < -0.3 is 23.8 Å². The lowest BCUT2D eigenvalue weighted by molar-refractivity contribution is 0.141. The highest BCUT2D eigenvalue weighted by Crippen LogP contribution is 2.51.